The number of fused-ring (bicyclic) bond motifs is 1. The number of ether oxygens (including phenoxy) is 2. The molecule has 5 heteroatoms. The molecule has 0 saturated heterocycles. The molecule has 4 nitrogen and oxygen atoms in total. The number of hydrogen-bond acceptors (Lipinski definition) is 4. The highest BCUT2D eigenvalue weighted by Gasteiger charge is 2.13. The summed E-state index contributed by atoms with van der Waals surface area (Å²) < 4.78 is 11.4. The third-order valence-corrected chi connectivity index (χ3v) is 3.30. The zero-order valence-electron chi connectivity index (χ0n) is 11.7. The summed E-state index contributed by atoms with van der Waals surface area (Å²) in [5.41, 5.74) is 0. The predicted octanol–water partition coefficient (Wildman–Crippen LogP) is 3.02. The Kier molecular flexibility index (Phi) is 6.11. The molecule has 2 N–H and O–H groups in total. The fourth-order valence-electron chi connectivity index (χ4n) is 2.03. The van der Waals surface area contributed by atoms with Crippen molar-refractivity contribution in [2.75, 3.05) is 26.4 Å². The number of aliphatic hydroxyl groups is 2. The molecule has 2 aromatic rings. The van der Waals surface area contributed by atoms with E-state index in [1.165, 1.54) is 0 Å². The molecule has 0 aliphatic heterocycles. The molecule has 0 unspecified atom stereocenters. The highest BCUT2D eigenvalue weighted by atomic mass is 35.5. The minimum Gasteiger partial charge on any atom is -0.493 e. The zero-order valence-corrected chi connectivity index (χ0v) is 12.5. The lowest BCUT2D eigenvalue weighted by molar-refractivity contribution is 0.232. The van der Waals surface area contributed by atoms with Crippen molar-refractivity contribution in [2.24, 2.45) is 0 Å². The predicted molar refractivity (Wildman–Crippen MR) is 83.4 cm³/mol. The van der Waals surface area contributed by atoms with E-state index in [1.807, 2.05) is 24.3 Å². The number of aliphatic hydroxyl groups excluding tert-OH is 2. The van der Waals surface area contributed by atoms with E-state index in [0.717, 1.165) is 10.8 Å². The summed E-state index contributed by atoms with van der Waals surface area (Å²) in [6.45, 7) is 1.01. The van der Waals surface area contributed by atoms with Crippen molar-refractivity contribution in [3.05, 3.63) is 35.4 Å². The second kappa shape index (κ2) is 8.08. The van der Waals surface area contributed by atoms with Crippen LogP contribution in [0.5, 0.6) is 11.5 Å². The Labute approximate surface area is 128 Å². The topological polar surface area (TPSA) is 58.9 Å². The van der Waals surface area contributed by atoms with Crippen LogP contribution in [-0.4, -0.2) is 36.6 Å². The van der Waals surface area contributed by atoms with E-state index in [0.29, 0.717) is 42.6 Å². The summed E-state index contributed by atoms with van der Waals surface area (Å²) >= 11 is 6.28. The summed E-state index contributed by atoms with van der Waals surface area (Å²) in [4.78, 5) is 0. The van der Waals surface area contributed by atoms with Crippen LogP contribution < -0.4 is 9.47 Å². The van der Waals surface area contributed by atoms with Crippen molar-refractivity contribution in [3.63, 3.8) is 0 Å². The third-order valence-electron chi connectivity index (χ3n) is 3.02. The quantitative estimate of drug-likeness (QED) is 0.736. The molecule has 2 aromatic carbocycles. The fourth-order valence-corrected chi connectivity index (χ4v) is 2.29. The van der Waals surface area contributed by atoms with Gasteiger partial charge in [0.2, 0.25) is 0 Å². The van der Waals surface area contributed by atoms with Gasteiger partial charge in [-0.05, 0) is 0 Å². The van der Waals surface area contributed by atoms with Gasteiger partial charge in [-0.2, -0.15) is 0 Å². The SMILES string of the molecule is OCCCOc1cc(Cl)c(OCCCO)c2ccccc12. The normalized spacial score (nSPS) is 10.8. The molecule has 0 aliphatic carbocycles. The largest absolute Gasteiger partial charge is 0.493 e. The van der Waals surface area contributed by atoms with Crippen molar-refractivity contribution in [2.45, 2.75) is 12.8 Å². The Balaban J connectivity index is 2.33. The molecule has 0 atom stereocenters. The molecule has 0 amide bonds. The minimum absolute atomic E-state index is 0.0813. The lowest BCUT2D eigenvalue weighted by Crippen LogP contribution is -2.03. The van der Waals surface area contributed by atoms with Gasteiger partial charge >= 0.3 is 0 Å². The Hall–Kier alpha value is -1.49. The molecule has 0 aliphatic rings. The van der Waals surface area contributed by atoms with Crippen LogP contribution in [0.15, 0.2) is 30.3 Å². The number of benzene rings is 2. The zero-order chi connectivity index (χ0) is 15.1. The molecule has 0 saturated carbocycles. The second-order valence-electron chi connectivity index (χ2n) is 4.58. The molecular weight excluding hydrogens is 292 g/mol. The summed E-state index contributed by atoms with van der Waals surface area (Å²) in [5.74, 6) is 1.29. The third kappa shape index (κ3) is 4.00. The lowest BCUT2D eigenvalue weighted by atomic mass is 10.1. The number of rotatable bonds is 8. The standard InChI is InChI=1S/C16H19ClO4/c17-14-11-15(20-9-3-7-18)12-5-1-2-6-13(12)16(14)21-10-4-8-19/h1-2,5-6,11,18-19H,3-4,7-10H2. The Bertz CT molecular complexity index is 586. The van der Waals surface area contributed by atoms with E-state index >= 15 is 0 Å². The highest BCUT2D eigenvalue weighted by molar-refractivity contribution is 6.33. The van der Waals surface area contributed by atoms with Crippen LogP contribution >= 0.6 is 11.6 Å². The van der Waals surface area contributed by atoms with Gasteiger partial charge in [0.05, 0.1) is 18.2 Å². The van der Waals surface area contributed by atoms with Gasteiger partial charge in [0.15, 0.2) is 0 Å². The van der Waals surface area contributed by atoms with Gasteiger partial charge in [0.1, 0.15) is 11.5 Å². The first-order valence-corrected chi connectivity index (χ1v) is 7.34. The maximum Gasteiger partial charge on any atom is 0.145 e. The van der Waals surface area contributed by atoms with Crippen molar-refractivity contribution in [1.29, 1.82) is 0 Å². The first-order valence-electron chi connectivity index (χ1n) is 6.96. The van der Waals surface area contributed by atoms with E-state index in [9.17, 15) is 0 Å². The van der Waals surface area contributed by atoms with Crippen LogP contribution in [0.3, 0.4) is 0 Å². The van der Waals surface area contributed by atoms with Crippen molar-refractivity contribution in [1.82, 2.24) is 0 Å². The first kappa shape index (κ1) is 15.9. The molecule has 0 radical (unpaired) electrons. The molecule has 21 heavy (non-hydrogen) atoms. The van der Waals surface area contributed by atoms with Gasteiger partial charge in [0, 0.05) is 42.9 Å². The van der Waals surface area contributed by atoms with Gasteiger partial charge in [-0.1, -0.05) is 35.9 Å². The molecular formula is C16H19ClO4. The average Bonchev–Trinajstić information content (AvgIpc) is 2.50. The van der Waals surface area contributed by atoms with Gasteiger partial charge < -0.3 is 19.7 Å². The first-order chi connectivity index (χ1) is 10.3. The van der Waals surface area contributed by atoms with Crippen LogP contribution in [0.2, 0.25) is 5.02 Å². The Morgan fingerprint density at radius 2 is 1.52 bits per heavy atom. The van der Waals surface area contributed by atoms with Crippen LogP contribution in [0.25, 0.3) is 10.8 Å². The van der Waals surface area contributed by atoms with Gasteiger partial charge in [0.25, 0.3) is 0 Å². The van der Waals surface area contributed by atoms with Crippen LogP contribution in [0, 0.1) is 0 Å². The number of hydrogen-bond donors (Lipinski definition) is 2. The molecule has 0 aromatic heterocycles. The van der Waals surface area contributed by atoms with Crippen molar-refractivity contribution < 1.29 is 19.7 Å². The van der Waals surface area contributed by atoms with Gasteiger partial charge in [-0.3, -0.25) is 0 Å². The molecule has 0 spiro atoms. The van der Waals surface area contributed by atoms with Gasteiger partial charge in [-0.15, -0.1) is 0 Å². The summed E-state index contributed by atoms with van der Waals surface area (Å²) in [7, 11) is 0. The maximum absolute atomic E-state index is 8.84. The Morgan fingerprint density at radius 3 is 2.19 bits per heavy atom. The summed E-state index contributed by atoms with van der Waals surface area (Å²) in [6, 6.07) is 9.44. The number of halogens is 1. The maximum atomic E-state index is 8.84. The Morgan fingerprint density at radius 1 is 0.905 bits per heavy atom. The molecule has 0 heterocycles. The average molecular weight is 311 g/mol. The van der Waals surface area contributed by atoms with Crippen molar-refractivity contribution in [3.8, 4) is 11.5 Å². The van der Waals surface area contributed by atoms with E-state index < -0.39 is 0 Å². The second-order valence-corrected chi connectivity index (χ2v) is 4.99. The van der Waals surface area contributed by atoms with Crippen LogP contribution in [0.1, 0.15) is 12.8 Å². The van der Waals surface area contributed by atoms with Crippen LogP contribution in [0.4, 0.5) is 0 Å². The van der Waals surface area contributed by atoms with Gasteiger partial charge in [-0.25, -0.2) is 0 Å². The molecule has 114 valence electrons. The summed E-state index contributed by atoms with van der Waals surface area (Å²) in [6.07, 6.45) is 1.13. The van der Waals surface area contributed by atoms with Crippen LogP contribution in [-0.2, 0) is 0 Å². The molecule has 2 rings (SSSR count). The smallest absolute Gasteiger partial charge is 0.145 e. The van der Waals surface area contributed by atoms with E-state index in [1.54, 1.807) is 6.07 Å². The monoisotopic (exact) mass is 310 g/mol. The highest BCUT2D eigenvalue weighted by Crippen LogP contribution is 2.39. The lowest BCUT2D eigenvalue weighted by Gasteiger charge is -2.15. The minimum atomic E-state index is 0.0813. The van der Waals surface area contributed by atoms with E-state index in [4.69, 9.17) is 31.3 Å². The fraction of sp³-hybridized carbons (Fsp3) is 0.375. The van der Waals surface area contributed by atoms with Crippen molar-refractivity contribution >= 4 is 22.4 Å². The van der Waals surface area contributed by atoms with E-state index in [-0.39, 0.29) is 13.2 Å². The molecule has 0 bridgehead atoms. The van der Waals surface area contributed by atoms with E-state index in [2.05, 4.69) is 0 Å². The summed E-state index contributed by atoms with van der Waals surface area (Å²) in [5, 5.41) is 19.9. The molecule has 0 fully saturated rings.